The molecule has 35 heavy (non-hydrogen) atoms. The van der Waals surface area contributed by atoms with Crippen LogP contribution in [0.4, 0.5) is 0 Å². The smallest absolute Gasteiger partial charge is 0.229 e. The maximum Gasteiger partial charge on any atom is 0.229 e. The van der Waals surface area contributed by atoms with Gasteiger partial charge < -0.3 is 19.4 Å². The molecule has 6 heteroatoms. The van der Waals surface area contributed by atoms with Crippen LogP contribution in [0.2, 0.25) is 0 Å². The van der Waals surface area contributed by atoms with Gasteiger partial charge in [0.05, 0.1) is 12.5 Å². The third kappa shape index (κ3) is 4.94. The predicted octanol–water partition coefficient (Wildman–Crippen LogP) is 3.77. The number of benzene rings is 2. The predicted molar refractivity (Wildman–Crippen MR) is 136 cm³/mol. The molecule has 3 fully saturated rings. The second-order valence-electron chi connectivity index (χ2n) is 10.6. The van der Waals surface area contributed by atoms with Crippen molar-refractivity contribution in [2.45, 2.75) is 38.6 Å². The average molecular weight is 476 g/mol. The molecule has 0 N–H and O–H groups in total. The molecule has 0 aliphatic carbocycles. The van der Waals surface area contributed by atoms with Crippen molar-refractivity contribution < 1.29 is 14.3 Å². The molecule has 2 amide bonds. The fourth-order valence-electron chi connectivity index (χ4n) is 6.35. The third-order valence-electron chi connectivity index (χ3n) is 8.55. The number of amides is 2. The molecule has 2 aromatic rings. The van der Waals surface area contributed by atoms with E-state index >= 15 is 0 Å². The van der Waals surface area contributed by atoms with Crippen molar-refractivity contribution in [2.75, 3.05) is 46.4 Å². The minimum Gasteiger partial charge on any atom is -0.497 e. The normalized spacial score (nSPS) is 24.3. The highest BCUT2D eigenvalue weighted by Gasteiger charge is 2.48. The van der Waals surface area contributed by atoms with Crippen LogP contribution in [0.1, 0.15) is 43.2 Å². The summed E-state index contributed by atoms with van der Waals surface area (Å²) < 4.78 is 5.25. The van der Waals surface area contributed by atoms with E-state index in [1.807, 2.05) is 21.9 Å². The maximum atomic E-state index is 13.5. The van der Waals surface area contributed by atoms with E-state index in [4.69, 9.17) is 4.74 Å². The number of likely N-dealkylation sites (tertiary alicyclic amines) is 3. The van der Waals surface area contributed by atoms with Gasteiger partial charge in [-0.15, -0.1) is 0 Å². The minimum absolute atomic E-state index is 0.166. The Bertz CT molecular complexity index is 1030. The lowest BCUT2D eigenvalue weighted by atomic mass is 9.76. The molecule has 0 radical (unpaired) electrons. The van der Waals surface area contributed by atoms with E-state index in [1.54, 1.807) is 14.0 Å². The lowest BCUT2D eigenvalue weighted by Gasteiger charge is -2.39. The summed E-state index contributed by atoms with van der Waals surface area (Å²) in [5, 5.41) is 0. The van der Waals surface area contributed by atoms with Crippen LogP contribution in [0.15, 0.2) is 54.6 Å². The summed E-state index contributed by atoms with van der Waals surface area (Å²) >= 11 is 0. The van der Waals surface area contributed by atoms with E-state index in [9.17, 15) is 9.59 Å². The van der Waals surface area contributed by atoms with Gasteiger partial charge in [-0.2, -0.15) is 0 Å². The van der Waals surface area contributed by atoms with Crippen LogP contribution in [0.25, 0.3) is 0 Å². The summed E-state index contributed by atoms with van der Waals surface area (Å²) in [6, 6.07) is 18.7. The zero-order valence-corrected chi connectivity index (χ0v) is 21.0. The lowest BCUT2D eigenvalue weighted by molar-refractivity contribution is -0.139. The third-order valence-corrected chi connectivity index (χ3v) is 8.55. The molecule has 186 valence electrons. The quantitative estimate of drug-likeness (QED) is 0.638. The standard InChI is InChI=1S/C29H37N3O3/c1-22(33)32-20-25(27(21-32)24-6-4-3-5-7-24)19-30-15-12-29(13-16-30)14-17-31(28(29)34)18-23-8-10-26(35-2)11-9-23/h3-11,25,27H,12-21H2,1-2H3/t25-,27+/m0/s1. The first kappa shape index (κ1) is 23.9. The van der Waals surface area contributed by atoms with E-state index in [2.05, 4.69) is 47.4 Å². The Labute approximate surface area is 208 Å². The Morgan fingerprint density at radius 2 is 1.66 bits per heavy atom. The van der Waals surface area contributed by atoms with E-state index in [1.165, 1.54) is 5.56 Å². The van der Waals surface area contributed by atoms with Gasteiger partial charge in [-0.1, -0.05) is 42.5 Å². The van der Waals surface area contributed by atoms with Crippen LogP contribution >= 0.6 is 0 Å². The second kappa shape index (κ2) is 10.0. The summed E-state index contributed by atoms with van der Waals surface area (Å²) in [6.45, 7) is 7.74. The molecule has 2 atom stereocenters. The maximum absolute atomic E-state index is 13.5. The lowest BCUT2D eigenvalue weighted by Crippen LogP contribution is -2.46. The van der Waals surface area contributed by atoms with Crippen molar-refractivity contribution in [1.82, 2.24) is 14.7 Å². The van der Waals surface area contributed by atoms with E-state index < -0.39 is 0 Å². The molecule has 3 saturated heterocycles. The number of nitrogens with zero attached hydrogens (tertiary/aromatic N) is 3. The van der Waals surface area contributed by atoms with Gasteiger partial charge in [0.1, 0.15) is 5.75 Å². The average Bonchev–Trinajstić information content (AvgIpc) is 3.44. The molecule has 0 saturated carbocycles. The molecule has 3 heterocycles. The van der Waals surface area contributed by atoms with E-state index in [-0.39, 0.29) is 11.3 Å². The molecule has 5 rings (SSSR count). The first-order valence-electron chi connectivity index (χ1n) is 12.9. The zero-order chi connectivity index (χ0) is 24.4. The first-order valence-corrected chi connectivity index (χ1v) is 12.9. The number of rotatable bonds is 6. The van der Waals surface area contributed by atoms with Crippen molar-refractivity contribution in [3.63, 3.8) is 0 Å². The Morgan fingerprint density at radius 3 is 2.31 bits per heavy atom. The Kier molecular flexibility index (Phi) is 6.83. The van der Waals surface area contributed by atoms with Gasteiger partial charge >= 0.3 is 0 Å². The van der Waals surface area contributed by atoms with Crippen LogP contribution in [-0.4, -0.2) is 72.9 Å². The van der Waals surface area contributed by atoms with Crippen molar-refractivity contribution in [3.8, 4) is 5.75 Å². The zero-order valence-electron chi connectivity index (χ0n) is 21.0. The minimum atomic E-state index is -0.192. The summed E-state index contributed by atoms with van der Waals surface area (Å²) in [5.41, 5.74) is 2.29. The van der Waals surface area contributed by atoms with Crippen LogP contribution in [-0.2, 0) is 16.1 Å². The topological polar surface area (TPSA) is 53.1 Å². The highest BCUT2D eigenvalue weighted by atomic mass is 16.5. The van der Waals surface area contributed by atoms with Crippen LogP contribution in [0.5, 0.6) is 5.75 Å². The highest BCUT2D eigenvalue weighted by Crippen LogP contribution is 2.43. The van der Waals surface area contributed by atoms with Gasteiger partial charge in [0.15, 0.2) is 0 Å². The number of carbonyl (C=O) groups is 2. The highest BCUT2D eigenvalue weighted by molar-refractivity contribution is 5.85. The number of hydrogen-bond acceptors (Lipinski definition) is 4. The molecular formula is C29H37N3O3. The summed E-state index contributed by atoms with van der Waals surface area (Å²) in [5.74, 6) is 2.15. The number of methoxy groups -OCH3 is 1. The molecule has 6 nitrogen and oxygen atoms in total. The number of piperidine rings is 1. The fraction of sp³-hybridized carbons (Fsp3) is 0.517. The number of carbonyl (C=O) groups excluding carboxylic acids is 2. The summed E-state index contributed by atoms with van der Waals surface area (Å²) in [6.07, 6.45) is 2.83. The van der Waals surface area contributed by atoms with E-state index in [0.29, 0.717) is 24.3 Å². The van der Waals surface area contributed by atoms with Gasteiger partial charge in [0, 0.05) is 45.6 Å². The monoisotopic (exact) mass is 475 g/mol. The Morgan fingerprint density at radius 1 is 0.971 bits per heavy atom. The van der Waals surface area contributed by atoms with Gasteiger partial charge in [-0.25, -0.2) is 0 Å². The SMILES string of the molecule is COc1ccc(CN2CCC3(CCN(C[C@H]4CN(C(C)=O)C[C@@H]4c4ccccc4)CC3)C2=O)cc1. The van der Waals surface area contributed by atoms with Gasteiger partial charge in [0.2, 0.25) is 11.8 Å². The van der Waals surface area contributed by atoms with Crippen molar-refractivity contribution >= 4 is 11.8 Å². The molecular weight excluding hydrogens is 438 g/mol. The van der Waals surface area contributed by atoms with Crippen molar-refractivity contribution in [3.05, 3.63) is 65.7 Å². The van der Waals surface area contributed by atoms with Gasteiger partial charge in [-0.3, -0.25) is 9.59 Å². The molecule has 0 unspecified atom stereocenters. The first-order chi connectivity index (χ1) is 17.0. The van der Waals surface area contributed by atoms with Gasteiger partial charge in [0.25, 0.3) is 0 Å². The molecule has 0 aromatic heterocycles. The Balaban J connectivity index is 1.19. The molecule has 3 aliphatic heterocycles. The summed E-state index contributed by atoms with van der Waals surface area (Å²) in [7, 11) is 1.67. The number of ether oxygens (including phenoxy) is 1. The number of hydrogen-bond donors (Lipinski definition) is 0. The Hall–Kier alpha value is -2.86. The van der Waals surface area contributed by atoms with Crippen LogP contribution in [0, 0.1) is 11.3 Å². The van der Waals surface area contributed by atoms with Crippen molar-refractivity contribution in [2.24, 2.45) is 11.3 Å². The van der Waals surface area contributed by atoms with E-state index in [0.717, 1.165) is 69.8 Å². The van der Waals surface area contributed by atoms with Gasteiger partial charge in [-0.05, 0) is 61.5 Å². The summed E-state index contributed by atoms with van der Waals surface area (Å²) in [4.78, 5) is 32.2. The fourth-order valence-corrected chi connectivity index (χ4v) is 6.35. The molecule has 3 aliphatic rings. The van der Waals surface area contributed by atoms with Crippen LogP contribution in [0.3, 0.4) is 0 Å². The van der Waals surface area contributed by atoms with Crippen LogP contribution < -0.4 is 4.74 Å². The molecule has 2 aromatic carbocycles. The second-order valence-corrected chi connectivity index (χ2v) is 10.6. The largest absolute Gasteiger partial charge is 0.497 e. The molecule has 0 bridgehead atoms. The van der Waals surface area contributed by atoms with Crippen molar-refractivity contribution in [1.29, 1.82) is 0 Å². The molecule has 1 spiro atoms.